The van der Waals surface area contributed by atoms with E-state index in [4.69, 9.17) is 0 Å². The van der Waals surface area contributed by atoms with Crippen LogP contribution in [0.3, 0.4) is 0 Å². The van der Waals surface area contributed by atoms with E-state index in [2.05, 4.69) is 15.3 Å². The van der Waals surface area contributed by atoms with Crippen molar-refractivity contribution in [2.24, 2.45) is 0 Å². The number of imidazole rings is 1. The number of hydrogen-bond acceptors (Lipinski definition) is 3. The molecule has 0 bridgehead atoms. The molecule has 4 rings (SSSR count). The molecule has 0 fully saturated rings. The molecule has 0 spiro atoms. The standard InChI is InChI=1S/C22H20F2N4O3/c23-15-8-4-7-14(18(15)24)20-19-16(25-12-26-19)9-10-28(20)22(31)27-17(21(29)30)11-13-5-2-1-3-6-13/h1-8,12,17,20H,9-11H2,(H,25,26)(H,27,31)(H,29,30)/t17-,20?/m1/s1. The number of hydrogen-bond donors (Lipinski definition) is 3. The van der Waals surface area contributed by atoms with E-state index in [1.165, 1.54) is 23.4 Å². The molecule has 0 radical (unpaired) electrons. The van der Waals surface area contributed by atoms with Crippen LogP contribution < -0.4 is 5.32 Å². The normalized spacial score (nSPS) is 16.5. The largest absolute Gasteiger partial charge is 0.480 e. The molecule has 31 heavy (non-hydrogen) atoms. The highest BCUT2D eigenvalue weighted by Crippen LogP contribution is 2.35. The third-order valence-electron chi connectivity index (χ3n) is 5.34. The number of aliphatic carboxylic acids is 1. The molecular weight excluding hydrogens is 406 g/mol. The summed E-state index contributed by atoms with van der Waals surface area (Å²) in [6, 6.07) is 9.80. The Bertz CT molecular complexity index is 1100. The van der Waals surface area contributed by atoms with E-state index in [0.29, 0.717) is 12.1 Å². The lowest BCUT2D eigenvalue weighted by molar-refractivity contribution is -0.139. The number of carbonyl (C=O) groups is 2. The van der Waals surface area contributed by atoms with Crippen LogP contribution in [0.4, 0.5) is 13.6 Å². The number of rotatable bonds is 5. The molecule has 2 atom stereocenters. The number of benzene rings is 2. The van der Waals surface area contributed by atoms with Crippen molar-refractivity contribution < 1.29 is 23.5 Å². The Labute approximate surface area is 176 Å². The molecule has 0 saturated heterocycles. The number of H-pyrrole nitrogens is 1. The second-order valence-electron chi connectivity index (χ2n) is 7.29. The molecule has 1 aliphatic heterocycles. The summed E-state index contributed by atoms with van der Waals surface area (Å²) in [5.74, 6) is -3.30. The summed E-state index contributed by atoms with van der Waals surface area (Å²) in [4.78, 5) is 33.4. The Hall–Kier alpha value is -3.75. The number of carboxylic acid groups (broad SMARTS) is 1. The molecule has 160 valence electrons. The van der Waals surface area contributed by atoms with E-state index in [9.17, 15) is 23.5 Å². The van der Waals surface area contributed by atoms with Crippen molar-refractivity contribution in [2.45, 2.75) is 24.9 Å². The summed E-state index contributed by atoms with van der Waals surface area (Å²) >= 11 is 0. The van der Waals surface area contributed by atoms with Crippen LogP contribution in [0.5, 0.6) is 0 Å². The lowest BCUT2D eigenvalue weighted by Gasteiger charge is -2.36. The average molecular weight is 426 g/mol. The summed E-state index contributed by atoms with van der Waals surface area (Å²) in [5.41, 5.74) is 1.83. The Morgan fingerprint density at radius 3 is 2.71 bits per heavy atom. The Balaban J connectivity index is 1.64. The molecule has 0 saturated carbocycles. The van der Waals surface area contributed by atoms with Crippen LogP contribution in [0.1, 0.15) is 28.6 Å². The summed E-state index contributed by atoms with van der Waals surface area (Å²) in [6.45, 7) is 0.180. The average Bonchev–Trinajstić information content (AvgIpc) is 3.24. The van der Waals surface area contributed by atoms with Gasteiger partial charge in [-0.1, -0.05) is 42.5 Å². The maximum Gasteiger partial charge on any atom is 0.326 e. The third kappa shape index (κ3) is 4.11. The highest BCUT2D eigenvalue weighted by Gasteiger charge is 2.37. The quantitative estimate of drug-likeness (QED) is 0.584. The van der Waals surface area contributed by atoms with Crippen LogP contribution in [0.15, 0.2) is 54.9 Å². The van der Waals surface area contributed by atoms with Gasteiger partial charge in [0.25, 0.3) is 0 Å². The molecule has 3 aromatic rings. The van der Waals surface area contributed by atoms with Crippen molar-refractivity contribution in [3.8, 4) is 0 Å². The van der Waals surface area contributed by atoms with Gasteiger partial charge in [-0.15, -0.1) is 0 Å². The summed E-state index contributed by atoms with van der Waals surface area (Å²) in [7, 11) is 0. The summed E-state index contributed by atoms with van der Waals surface area (Å²) < 4.78 is 28.6. The van der Waals surface area contributed by atoms with E-state index < -0.39 is 35.7 Å². The fraction of sp³-hybridized carbons (Fsp3) is 0.227. The third-order valence-corrected chi connectivity index (χ3v) is 5.34. The van der Waals surface area contributed by atoms with Crippen molar-refractivity contribution in [2.75, 3.05) is 6.54 Å². The maximum atomic E-state index is 14.6. The van der Waals surface area contributed by atoms with E-state index in [0.717, 1.165) is 17.3 Å². The molecule has 9 heteroatoms. The molecule has 2 aromatic carbocycles. The van der Waals surface area contributed by atoms with Gasteiger partial charge >= 0.3 is 12.0 Å². The number of aromatic amines is 1. The second kappa shape index (κ2) is 8.55. The SMILES string of the molecule is O=C(O)[C@@H](Cc1ccccc1)NC(=O)N1CCc2[nH]cnc2C1c1cccc(F)c1F. The Morgan fingerprint density at radius 1 is 1.19 bits per heavy atom. The fourth-order valence-corrected chi connectivity index (χ4v) is 3.82. The van der Waals surface area contributed by atoms with E-state index in [1.54, 1.807) is 24.3 Å². The molecule has 1 aliphatic rings. The highest BCUT2D eigenvalue weighted by atomic mass is 19.2. The first-order chi connectivity index (χ1) is 15.0. The maximum absolute atomic E-state index is 14.6. The minimum absolute atomic E-state index is 0.0434. The van der Waals surface area contributed by atoms with Crippen molar-refractivity contribution in [1.29, 1.82) is 0 Å². The number of carbonyl (C=O) groups excluding carboxylic acids is 1. The first-order valence-electron chi connectivity index (χ1n) is 9.75. The molecule has 1 aromatic heterocycles. The van der Waals surface area contributed by atoms with Gasteiger partial charge in [0.15, 0.2) is 11.6 Å². The predicted molar refractivity (Wildman–Crippen MR) is 107 cm³/mol. The van der Waals surface area contributed by atoms with Crippen molar-refractivity contribution >= 4 is 12.0 Å². The lowest BCUT2D eigenvalue weighted by Crippen LogP contribution is -2.52. The molecule has 2 heterocycles. The monoisotopic (exact) mass is 426 g/mol. The second-order valence-corrected chi connectivity index (χ2v) is 7.29. The van der Waals surface area contributed by atoms with Crippen LogP contribution in [0, 0.1) is 11.6 Å². The van der Waals surface area contributed by atoms with Crippen molar-refractivity contribution in [3.63, 3.8) is 0 Å². The van der Waals surface area contributed by atoms with E-state index in [1.807, 2.05) is 6.07 Å². The minimum atomic E-state index is -1.19. The van der Waals surface area contributed by atoms with Crippen molar-refractivity contribution in [1.82, 2.24) is 20.2 Å². The smallest absolute Gasteiger partial charge is 0.326 e. The van der Waals surface area contributed by atoms with Crippen LogP contribution in [0.25, 0.3) is 0 Å². The molecule has 1 unspecified atom stereocenters. The minimum Gasteiger partial charge on any atom is -0.480 e. The van der Waals surface area contributed by atoms with Gasteiger partial charge in [0.1, 0.15) is 12.1 Å². The van der Waals surface area contributed by atoms with Gasteiger partial charge in [0, 0.05) is 30.6 Å². The number of nitrogens with one attached hydrogen (secondary N) is 2. The summed E-state index contributed by atoms with van der Waals surface area (Å²) in [6.07, 6.45) is 1.95. The Morgan fingerprint density at radius 2 is 1.97 bits per heavy atom. The van der Waals surface area contributed by atoms with Gasteiger partial charge in [0.2, 0.25) is 0 Å². The molecule has 7 nitrogen and oxygen atoms in total. The number of fused-ring (bicyclic) bond motifs is 1. The number of urea groups is 1. The van der Waals surface area contributed by atoms with E-state index in [-0.39, 0.29) is 18.5 Å². The topological polar surface area (TPSA) is 98.3 Å². The number of nitrogens with zero attached hydrogens (tertiary/aromatic N) is 2. The molecule has 0 aliphatic carbocycles. The number of halogens is 2. The first-order valence-corrected chi connectivity index (χ1v) is 9.75. The van der Waals surface area contributed by atoms with E-state index >= 15 is 0 Å². The molecule has 3 N–H and O–H groups in total. The zero-order chi connectivity index (χ0) is 22.0. The van der Waals surface area contributed by atoms with Gasteiger partial charge in [-0.25, -0.2) is 23.4 Å². The Kier molecular flexibility index (Phi) is 5.66. The fourth-order valence-electron chi connectivity index (χ4n) is 3.82. The van der Waals surface area contributed by atoms with Gasteiger partial charge in [-0.2, -0.15) is 0 Å². The number of aromatic nitrogens is 2. The van der Waals surface area contributed by atoms with Gasteiger partial charge in [0.05, 0.1) is 12.0 Å². The lowest BCUT2D eigenvalue weighted by atomic mass is 9.95. The van der Waals surface area contributed by atoms with Crippen molar-refractivity contribution in [3.05, 3.63) is 89.0 Å². The number of amides is 2. The first kappa shape index (κ1) is 20.5. The van der Waals surface area contributed by atoms with Crippen LogP contribution >= 0.6 is 0 Å². The highest BCUT2D eigenvalue weighted by molar-refractivity contribution is 5.83. The predicted octanol–water partition coefficient (Wildman–Crippen LogP) is 3.04. The zero-order valence-electron chi connectivity index (χ0n) is 16.4. The van der Waals surface area contributed by atoms with Gasteiger partial charge in [-0.05, 0) is 11.6 Å². The van der Waals surface area contributed by atoms with Crippen LogP contribution in [-0.4, -0.2) is 44.6 Å². The zero-order valence-corrected chi connectivity index (χ0v) is 16.4. The number of carboxylic acids is 1. The van der Waals surface area contributed by atoms with Gasteiger partial charge < -0.3 is 20.3 Å². The molecule has 2 amide bonds. The van der Waals surface area contributed by atoms with Crippen LogP contribution in [-0.2, 0) is 17.6 Å². The van der Waals surface area contributed by atoms with Gasteiger partial charge in [-0.3, -0.25) is 0 Å². The molecular formula is C22H20F2N4O3. The summed E-state index contributed by atoms with van der Waals surface area (Å²) in [5, 5.41) is 12.1. The van der Waals surface area contributed by atoms with Crippen LogP contribution in [0.2, 0.25) is 0 Å².